The molecule has 0 heterocycles. The van der Waals surface area contributed by atoms with E-state index >= 15 is 0 Å². The highest BCUT2D eigenvalue weighted by molar-refractivity contribution is 9.12. The molecule has 0 radical (unpaired) electrons. The molecule has 66 valence electrons. The van der Waals surface area contributed by atoms with Crippen LogP contribution in [0.15, 0.2) is 10.7 Å². The molecule has 1 aliphatic carbocycles. The second-order valence-electron chi connectivity index (χ2n) is 2.48. The van der Waals surface area contributed by atoms with Crippen molar-refractivity contribution < 1.29 is 19.4 Å². The van der Waals surface area contributed by atoms with Crippen molar-refractivity contribution in [3.05, 3.63) is 10.7 Å². The minimum atomic E-state index is -1.15. The predicted molar refractivity (Wildman–Crippen MR) is 43.5 cm³/mol. The predicted octanol–water partition coefficient (Wildman–Crippen LogP) is 1.26. The van der Waals surface area contributed by atoms with Gasteiger partial charge in [-0.2, -0.15) is 0 Å². The number of carboxylic acid groups (broad SMARTS) is 1. The van der Waals surface area contributed by atoms with Crippen molar-refractivity contribution in [2.75, 3.05) is 0 Å². The van der Waals surface area contributed by atoms with Gasteiger partial charge in [-0.1, -0.05) is 0 Å². The lowest BCUT2D eigenvalue weighted by molar-refractivity contribution is -0.139. The molecule has 4 nitrogen and oxygen atoms in total. The van der Waals surface area contributed by atoms with Crippen LogP contribution in [0.3, 0.4) is 0 Å². The van der Waals surface area contributed by atoms with E-state index in [1.165, 1.54) is 0 Å². The van der Waals surface area contributed by atoms with Crippen molar-refractivity contribution >= 4 is 27.9 Å². The highest BCUT2D eigenvalue weighted by Crippen LogP contribution is 2.30. The molecule has 1 fully saturated rings. The minimum Gasteiger partial charge on any atom is -0.477 e. The Balaban J connectivity index is 2.36. The van der Waals surface area contributed by atoms with Crippen LogP contribution < -0.4 is 0 Å². The van der Waals surface area contributed by atoms with Crippen molar-refractivity contribution in [1.82, 2.24) is 0 Å². The molecule has 1 aliphatic rings. The zero-order valence-corrected chi connectivity index (χ0v) is 7.70. The molecule has 1 rings (SSSR count). The second kappa shape index (κ2) is 3.71. The van der Waals surface area contributed by atoms with Crippen LogP contribution in [0.5, 0.6) is 0 Å². The van der Waals surface area contributed by atoms with Gasteiger partial charge in [-0.3, -0.25) is 4.79 Å². The van der Waals surface area contributed by atoms with Crippen LogP contribution in [0, 0.1) is 5.92 Å². The summed E-state index contributed by atoms with van der Waals surface area (Å²) in [5.41, 5.74) is 0. The molecular formula is C7H7BrO4. The number of rotatable bonds is 3. The highest BCUT2D eigenvalue weighted by Gasteiger charge is 2.31. The van der Waals surface area contributed by atoms with Crippen molar-refractivity contribution in [3.8, 4) is 0 Å². The summed E-state index contributed by atoms with van der Waals surface area (Å²) in [4.78, 5) is 21.0. The fourth-order valence-electron chi connectivity index (χ4n) is 0.575. The van der Waals surface area contributed by atoms with Gasteiger partial charge in [0.25, 0.3) is 0 Å². The summed E-state index contributed by atoms with van der Waals surface area (Å²) in [5.74, 6) is -1.53. The smallest absolute Gasteiger partial charge is 0.345 e. The lowest BCUT2D eigenvalue weighted by Crippen LogP contribution is -2.03. The van der Waals surface area contributed by atoms with E-state index in [4.69, 9.17) is 5.11 Å². The summed E-state index contributed by atoms with van der Waals surface area (Å²) >= 11 is 2.72. The Morgan fingerprint density at radius 3 is 2.50 bits per heavy atom. The Bertz CT molecular complexity index is 242. The molecule has 0 aromatic carbocycles. The van der Waals surface area contributed by atoms with Crippen LogP contribution in [0.25, 0.3) is 0 Å². The molecule has 5 heteroatoms. The Labute approximate surface area is 77.3 Å². The molecule has 12 heavy (non-hydrogen) atoms. The summed E-state index contributed by atoms with van der Waals surface area (Å²) in [7, 11) is 0. The first-order chi connectivity index (χ1) is 5.61. The minimum absolute atomic E-state index is 0.0182. The zero-order valence-electron chi connectivity index (χ0n) is 6.12. The van der Waals surface area contributed by atoms with Crippen LogP contribution in [0.2, 0.25) is 0 Å². The third-order valence-electron chi connectivity index (χ3n) is 1.39. The van der Waals surface area contributed by atoms with E-state index in [9.17, 15) is 9.59 Å². The molecule has 0 aromatic heterocycles. The number of ether oxygens (including phenoxy) is 1. The first-order valence-electron chi connectivity index (χ1n) is 3.40. The largest absolute Gasteiger partial charge is 0.477 e. The van der Waals surface area contributed by atoms with Gasteiger partial charge in [-0.25, -0.2) is 4.79 Å². The standard InChI is InChI=1S/C7H7BrO4/c8-5(6(9)10)3-12-7(11)4-1-2-4/h3-4H,1-2H2,(H,9,10)/b5-3-. The van der Waals surface area contributed by atoms with Crippen molar-refractivity contribution in [2.45, 2.75) is 12.8 Å². The first kappa shape index (κ1) is 9.25. The summed E-state index contributed by atoms with van der Waals surface area (Å²) < 4.78 is 4.40. The zero-order chi connectivity index (χ0) is 9.14. The van der Waals surface area contributed by atoms with E-state index in [-0.39, 0.29) is 16.4 Å². The molecule has 0 aromatic rings. The van der Waals surface area contributed by atoms with Gasteiger partial charge in [-0.15, -0.1) is 0 Å². The van der Waals surface area contributed by atoms with Gasteiger partial charge in [0, 0.05) is 0 Å². The number of carbonyl (C=O) groups is 2. The summed E-state index contributed by atoms with van der Waals surface area (Å²) in [5, 5.41) is 8.34. The van der Waals surface area contributed by atoms with E-state index in [0.29, 0.717) is 0 Å². The summed E-state index contributed by atoms with van der Waals surface area (Å²) in [6.45, 7) is 0. The maximum absolute atomic E-state index is 10.9. The number of esters is 1. The van der Waals surface area contributed by atoms with Crippen LogP contribution in [-0.4, -0.2) is 17.0 Å². The Hall–Kier alpha value is -0.840. The van der Waals surface area contributed by atoms with Gasteiger partial charge in [0.15, 0.2) is 0 Å². The van der Waals surface area contributed by atoms with Crippen LogP contribution in [0.4, 0.5) is 0 Å². The fourth-order valence-corrected chi connectivity index (χ4v) is 0.669. The number of carboxylic acids is 1. The fraction of sp³-hybridized carbons (Fsp3) is 0.429. The number of hydrogen-bond donors (Lipinski definition) is 1. The van der Waals surface area contributed by atoms with Gasteiger partial charge in [0.2, 0.25) is 0 Å². The van der Waals surface area contributed by atoms with Crippen molar-refractivity contribution in [3.63, 3.8) is 0 Å². The lowest BCUT2D eigenvalue weighted by Gasteiger charge is -1.95. The molecule has 1 saturated carbocycles. The normalized spacial score (nSPS) is 17.2. The number of hydrogen-bond acceptors (Lipinski definition) is 3. The van der Waals surface area contributed by atoms with E-state index in [0.717, 1.165) is 19.1 Å². The highest BCUT2D eigenvalue weighted by atomic mass is 79.9. The Morgan fingerprint density at radius 2 is 2.08 bits per heavy atom. The Kier molecular flexibility index (Phi) is 2.86. The maximum Gasteiger partial charge on any atom is 0.345 e. The van der Waals surface area contributed by atoms with Gasteiger partial charge < -0.3 is 9.84 Å². The number of carbonyl (C=O) groups excluding carboxylic acids is 1. The molecule has 0 aliphatic heterocycles. The van der Waals surface area contributed by atoms with Crippen molar-refractivity contribution in [2.24, 2.45) is 5.92 Å². The molecule has 1 N–H and O–H groups in total. The molecule has 0 saturated heterocycles. The van der Waals surface area contributed by atoms with Crippen LogP contribution >= 0.6 is 15.9 Å². The average molecular weight is 235 g/mol. The maximum atomic E-state index is 10.9. The molecule has 0 amide bonds. The molecule has 0 atom stereocenters. The quantitative estimate of drug-likeness (QED) is 0.454. The lowest BCUT2D eigenvalue weighted by atomic mass is 10.4. The molecule has 0 bridgehead atoms. The first-order valence-corrected chi connectivity index (χ1v) is 4.20. The molecule has 0 unspecified atom stereocenters. The van der Waals surface area contributed by atoms with Crippen molar-refractivity contribution in [1.29, 1.82) is 0 Å². The van der Waals surface area contributed by atoms with E-state index < -0.39 is 5.97 Å². The van der Waals surface area contributed by atoms with Crippen LogP contribution in [0.1, 0.15) is 12.8 Å². The monoisotopic (exact) mass is 234 g/mol. The SMILES string of the molecule is O=C(O)/C(Br)=C/OC(=O)C1CC1. The Morgan fingerprint density at radius 1 is 1.50 bits per heavy atom. The summed E-state index contributed by atoms with van der Waals surface area (Å²) in [6, 6.07) is 0. The van der Waals surface area contributed by atoms with Gasteiger partial charge in [0.05, 0.1) is 5.92 Å². The van der Waals surface area contributed by atoms with E-state index in [2.05, 4.69) is 20.7 Å². The van der Waals surface area contributed by atoms with E-state index in [1.807, 2.05) is 0 Å². The molecular weight excluding hydrogens is 228 g/mol. The topological polar surface area (TPSA) is 63.6 Å². The second-order valence-corrected chi connectivity index (χ2v) is 3.34. The number of halogens is 1. The van der Waals surface area contributed by atoms with Gasteiger partial charge >= 0.3 is 11.9 Å². The molecule has 0 spiro atoms. The van der Waals surface area contributed by atoms with Crippen LogP contribution in [-0.2, 0) is 14.3 Å². The third kappa shape index (κ3) is 2.65. The average Bonchev–Trinajstić information content (AvgIpc) is 2.81. The van der Waals surface area contributed by atoms with E-state index in [1.54, 1.807) is 0 Å². The number of aliphatic carboxylic acids is 1. The van der Waals surface area contributed by atoms with Gasteiger partial charge in [0.1, 0.15) is 10.7 Å². The summed E-state index contributed by atoms with van der Waals surface area (Å²) in [6.07, 6.45) is 2.59. The van der Waals surface area contributed by atoms with Gasteiger partial charge in [-0.05, 0) is 28.8 Å². The third-order valence-corrected chi connectivity index (χ3v) is 1.92.